The summed E-state index contributed by atoms with van der Waals surface area (Å²) in [5.41, 5.74) is 0.00796. The number of aromatic nitrogens is 1. The molecule has 3 heterocycles. The van der Waals surface area contributed by atoms with Crippen LogP contribution in [0.1, 0.15) is 0 Å². The Morgan fingerprint density at radius 1 is 1.38 bits per heavy atom. The van der Waals surface area contributed by atoms with Crippen molar-refractivity contribution in [3.05, 3.63) is 38.3 Å². The summed E-state index contributed by atoms with van der Waals surface area (Å²) in [5.74, 6) is 0. The molecule has 0 unspecified atom stereocenters. The molecule has 0 aliphatic rings. The average molecular weight is 252 g/mol. The third kappa shape index (κ3) is 1.12. The van der Waals surface area contributed by atoms with Crippen molar-refractivity contribution in [2.24, 2.45) is 0 Å². The van der Waals surface area contributed by atoms with E-state index < -0.39 is 4.92 Å². The van der Waals surface area contributed by atoms with Gasteiger partial charge in [0.25, 0.3) is 10.5 Å². The van der Waals surface area contributed by atoms with Gasteiger partial charge in [-0.25, -0.2) is 0 Å². The van der Waals surface area contributed by atoms with Gasteiger partial charge in [0.1, 0.15) is 10.1 Å². The Morgan fingerprint density at radius 2 is 2.19 bits per heavy atom. The number of rotatable bonds is 1. The Morgan fingerprint density at radius 3 is 2.94 bits per heavy atom. The van der Waals surface area contributed by atoms with Crippen LogP contribution in [-0.4, -0.2) is 4.92 Å². The van der Waals surface area contributed by atoms with Crippen molar-refractivity contribution >= 4 is 48.7 Å². The summed E-state index contributed by atoms with van der Waals surface area (Å²) >= 11 is 2.50. The topological polar surface area (TPSA) is 70.1 Å². The molecule has 0 saturated carbocycles. The fraction of sp³-hybridized carbons (Fsp3) is 0. The van der Waals surface area contributed by atoms with Gasteiger partial charge in [0.2, 0.25) is 0 Å². The molecule has 0 radical (unpaired) electrons. The molecule has 80 valence electrons. The van der Waals surface area contributed by atoms with Gasteiger partial charge in [-0.2, -0.15) is 4.73 Å². The van der Waals surface area contributed by atoms with Crippen LogP contribution in [0.4, 0.5) is 5.69 Å². The molecule has 0 atom stereocenters. The first kappa shape index (κ1) is 9.49. The van der Waals surface area contributed by atoms with Gasteiger partial charge in [-0.15, -0.1) is 11.3 Å². The van der Waals surface area contributed by atoms with E-state index in [1.54, 1.807) is 0 Å². The number of thiophene rings is 2. The van der Waals surface area contributed by atoms with E-state index in [2.05, 4.69) is 0 Å². The van der Waals surface area contributed by atoms with Crippen molar-refractivity contribution in [2.75, 3.05) is 0 Å². The lowest BCUT2D eigenvalue weighted by molar-refractivity contribution is -0.573. The molecule has 0 amide bonds. The first-order valence-electron chi connectivity index (χ1n) is 4.33. The van der Waals surface area contributed by atoms with Crippen LogP contribution in [0.15, 0.2) is 23.0 Å². The molecule has 7 heteroatoms. The van der Waals surface area contributed by atoms with Crippen LogP contribution in [0, 0.1) is 15.3 Å². The molecule has 0 fully saturated rings. The van der Waals surface area contributed by atoms with Crippen molar-refractivity contribution < 1.29 is 9.65 Å². The van der Waals surface area contributed by atoms with Crippen LogP contribution < -0.4 is 4.73 Å². The number of pyridine rings is 1. The number of nitro groups is 1. The maximum atomic E-state index is 11.6. The van der Waals surface area contributed by atoms with Gasteiger partial charge in [-0.3, -0.25) is 10.1 Å². The predicted molar refractivity (Wildman–Crippen MR) is 62.8 cm³/mol. The van der Waals surface area contributed by atoms with Crippen molar-refractivity contribution in [3.63, 3.8) is 0 Å². The molecule has 0 bridgehead atoms. The lowest BCUT2D eigenvalue weighted by Gasteiger charge is -1.97. The summed E-state index contributed by atoms with van der Waals surface area (Å²) in [7, 11) is 0. The molecule has 3 aromatic heterocycles. The molecule has 0 saturated heterocycles. The maximum Gasteiger partial charge on any atom is 0.295 e. The quantitative estimate of drug-likeness (QED) is 0.289. The van der Waals surface area contributed by atoms with E-state index in [9.17, 15) is 15.3 Å². The number of nitrogens with zero attached hydrogens (tertiary/aromatic N) is 2. The van der Waals surface area contributed by atoms with Gasteiger partial charge in [0, 0.05) is 5.39 Å². The average Bonchev–Trinajstić information content (AvgIpc) is 2.80. The van der Waals surface area contributed by atoms with Crippen molar-refractivity contribution in [1.29, 1.82) is 0 Å². The summed E-state index contributed by atoms with van der Waals surface area (Å²) in [6.07, 6.45) is 1.46. The number of hydrogen-bond donors (Lipinski definition) is 0. The Kier molecular flexibility index (Phi) is 1.86. The minimum absolute atomic E-state index is 0.00796. The van der Waals surface area contributed by atoms with E-state index in [1.807, 2.05) is 11.4 Å². The standard InChI is InChI=1S/C9H4N2O3S2/c12-10-3-7-5(1-2-15-7)8-6(11(13)14)4-16-9(8)10/h1-4H. The highest BCUT2D eigenvalue weighted by Gasteiger charge is 2.23. The van der Waals surface area contributed by atoms with E-state index in [0.29, 0.717) is 14.9 Å². The summed E-state index contributed by atoms with van der Waals surface area (Å²) in [5, 5.41) is 27.0. The molecule has 0 aliphatic carbocycles. The zero-order valence-electron chi connectivity index (χ0n) is 7.75. The van der Waals surface area contributed by atoms with Crippen LogP contribution >= 0.6 is 22.7 Å². The van der Waals surface area contributed by atoms with Crippen molar-refractivity contribution in [2.45, 2.75) is 0 Å². The minimum atomic E-state index is -0.448. The smallest absolute Gasteiger partial charge is 0.295 e. The van der Waals surface area contributed by atoms with E-state index >= 15 is 0 Å². The van der Waals surface area contributed by atoms with Crippen molar-refractivity contribution in [3.8, 4) is 0 Å². The lowest BCUT2D eigenvalue weighted by Crippen LogP contribution is -2.24. The fourth-order valence-corrected chi connectivity index (χ4v) is 3.40. The van der Waals surface area contributed by atoms with Crippen LogP contribution in [0.25, 0.3) is 20.3 Å². The van der Waals surface area contributed by atoms with E-state index in [-0.39, 0.29) is 5.69 Å². The van der Waals surface area contributed by atoms with Gasteiger partial charge in [0.05, 0.1) is 10.3 Å². The summed E-state index contributed by atoms with van der Waals surface area (Å²) in [6.45, 7) is 0. The van der Waals surface area contributed by atoms with Crippen LogP contribution in [0.5, 0.6) is 0 Å². The van der Waals surface area contributed by atoms with Gasteiger partial charge >= 0.3 is 0 Å². The Labute approximate surface area is 96.9 Å². The van der Waals surface area contributed by atoms with Crippen LogP contribution in [-0.2, 0) is 0 Å². The Balaban J connectivity index is 2.61. The third-order valence-corrected chi connectivity index (χ3v) is 4.15. The second-order valence-electron chi connectivity index (χ2n) is 3.21. The minimum Gasteiger partial charge on any atom is -0.618 e. The van der Waals surface area contributed by atoms with Gasteiger partial charge < -0.3 is 5.21 Å². The second-order valence-corrected chi connectivity index (χ2v) is 5.02. The first-order valence-corrected chi connectivity index (χ1v) is 6.09. The number of hydrogen-bond acceptors (Lipinski definition) is 5. The molecule has 5 nitrogen and oxygen atoms in total. The van der Waals surface area contributed by atoms with Gasteiger partial charge in [-0.05, 0) is 11.4 Å². The molecule has 0 spiro atoms. The highest BCUT2D eigenvalue weighted by Crippen LogP contribution is 2.36. The molecule has 16 heavy (non-hydrogen) atoms. The molecule has 3 rings (SSSR count). The normalized spacial score (nSPS) is 11.2. The molecule has 0 N–H and O–H groups in total. The zero-order valence-corrected chi connectivity index (χ0v) is 9.38. The summed E-state index contributed by atoms with van der Waals surface area (Å²) in [6, 6.07) is 1.81. The lowest BCUT2D eigenvalue weighted by atomic mass is 10.2. The van der Waals surface area contributed by atoms with Crippen LogP contribution in [0.2, 0.25) is 0 Å². The summed E-state index contributed by atoms with van der Waals surface area (Å²) < 4.78 is 1.47. The monoisotopic (exact) mass is 252 g/mol. The zero-order chi connectivity index (χ0) is 11.3. The summed E-state index contributed by atoms with van der Waals surface area (Å²) in [4.78, 5) is 10.8. The number of fused-ring (bicyclic) bond motifs is 3. The molecule has 3 aromatic rings. The SMILES string of the molecule is O=[N+]([O-])c1csc2c1c1ccsc1c[n+]2[O-]. The van der Waals surface area contributed by atoms with E-state index in [0.717, 1.165) is 21.4 Å². The van der Waals surface area contributed by atoms with E-state index in [4.69, 9.17) is 0 Å². The highest BCUT2D eigenvalue weighted by molar-refractivity contribution is 7.18. The largest absolute Gasteiger partial charge is 0.618 e. The van der Waals surface area contributed by atoms with Crippen LogP contribution in [0.3, 0.4) is 0 Å². The van der Waals surface area contributed by atoms with Crippen molar-refractivity contribution in [1.82, 2.24) is 0 Å². The Bertz CT molecular complexity index is 716. The molecular weight excluding hydrogens is 248 g/mol. The fourth-order valence-electron chi connectivity index (χ4n) is 1.68. The predicted octanol–water partition coefficient (Wildman–Crippen LogP) is 2.66. The molecular formula is C9H4N2O3S2. The highest BCUT2D eigenvalue weighted by atomic mass is 32.1. The van der Waals surface area contributed by atoms with E-state index in [1.165, 1.54) is 22.9 Å². The first-order chi connectivity index (χ1) is 7.68. The van der Waals surface area contributed by atoms with Gasteiger partial charge in [0.15, 0.2) is 6.20 Å². The van der Waals surface area contributed by atoms with Gasteiger partial charge in [-0.1, -0.05) is 11.3 Å². The Hall–Kier alpha value is -1.73. The second kappa shape index (κ2) is 3.13. The third-order valence-electron chi connectivity index (χ3n) is 2.35. The maximum absolute atomic E-state index is 11.6. The molecule has 0 aromatic carbocycles. The molecule has 0 aliphatic heterocycles.